The summed E-state index contributed by atoms with van der Waals surface area (Å²) >= 11 is 0. The van der Waals surface area contributed by atoms with Crippen LogP contribution in [0.25, 0.3) is 0 Å². The van der Waals surface area contributed by atoms with Gasteiger partial charge in [-0.15, -0.1) is 0 Å². The molecule has 0 aliphatic heterocycles. The Morgan fingerprint density at radius 1 is 0.957 bits per heavy atom. The Morgan fingerprint density at radius 2 is 1.39 bits per heavy atom. The van der Waals surface area contributed by atoms with Gasteiger partial charge >= 0.3 is 11.9 Å². The lowest BCUT2D eigenvalue weighted by molar-refractivity contribution is 0.0545. The molecule has 0 atom stereocenters. The summed E-state index contributed by atoms with van der Waals surface area (Å²) in [5.41, 5.74) is -3.79. The van der Waals surface area contributed by atoms with Crippen LogP contribution in [0.1, 0.15) is 47.9 Å². The molecular weight excluding hydrogens is 315 g/mol. The third-order valence-electron chi connectivity index (χ3n) is 3.45. The van der Waals surface area contributed by atoms with E-state index >= 15 is 0 Å². The van der Waals surface area contributed by atoms with Gasteiger partial charge < -0.3 is 14.8 Å². The van der Waals surface area contributed by atoms with Crippen LogP contribution in [0.5, 0.6) is 0 Å². The van der Waals surface area contributed by atoms with Gasteiger partial charge in [-0.2, -0.15) is 0 Å². The van der Waals surface area contributed by atoms with Gasteiger partial charge in [0.1, 0.15) is 16.8 Å². The Balaban J connectivity index is 3.74. The van der Waals surface area contributed by atoms with Crippen LogP contribution in [0.3, 0.4) is 0 Å². The van der Waals surface area contributed by atoms with Crippen LogP contribution < -0.4 is 5.32 Å². The SMILES string of the molecule is CCC(C)(C)Nc1c(F)c(F)c(C(=O)OC)c(C(=O)OC)c1F. The van der Waals surface area contributed by atoms with Crippen molar-refractivity contribution < 1.29 is 32.2 Å². The van der Waals surface area contributed by atoms with Crippen LogP contribution in [-0.4, -0.2) is 31.7 Å². The van der Waals surface area contributed by atoms with Crippen LogP contribution in [0.2, 0.25) is 0 Å². The number of rotatable bonds is 5. The number of carbonyl (C=O) groups excluding carboxylic acids is 2. The minimum Gasteiger partial charge on any atom is -0.465 e. The number of hydrogen-bond acceptors (Lipinski definition) is 5. The molecule has 23 heavy (non-hydrogen) atoms. The van der Waals surface area contributed by atoms with Crippen LogP contribution in [0.4, 0.5) is 18.9 Å². The molecule has 1 rings (SSSR count). The third kappa shape index (κ3) is 3.57. The van der Waals surface area contributed by atoms with Crippen molar-refractivity contribution in [2.45, 2.75) is 32.7 Å². The van der Waals surface area contributed by atoms with Gasteiger partial charge in [-0.1, -0.05) is 6.92 Å². The summed E-state index contributed by atoms with van der Waals surface area (Å²) in [6.45, 7) is 5.02. The van der Waals surface area contributed by atoms with Crippen molar-refractivity contribution in [3.05, 3.63) is 28.6 Å². The molecule has 5 nitrogen and oxygen atoms in total. The number of esters is 2. The van der Waals surface area contributed by atoms with Gasteiger partial charge in [0, 0.05) is 5.54 Å². The predicted octanol–water partition coefficient (Wildman–Crippen LogP) is 3.28. The number of carbonyl (C=O) groups is 2. The Hall–Kier alpha value is -2.25. The molecule has 0 bridgehead atoms. The summed E-state index contributed by atoms with van der Waals surface area (Å²) in [5, 5.41) is 2.50. The summed E-state index contributed by atoms with van der Waals surface area (Å²) in [7, 11) is 1.82. The highest BCUT2D eigenvalue weighted by atomic mass is 19.2. The fraction of sp³-hybridized carbons (Fsp3) is 0.467. The quantitative estimate of drug-likeness (QED) is 0.662. The first-order chi connectivity index (χ1) is 10.6. The lowest BCUT2D eigenvalue weighted by Crippen LogP contribution is -2.32. The molecule has 0 aromatic heterocycles. The van der Waals surface area contributed by atoms with Gasteiger partial charge in [-0.3, -0.25) is 0 Å². The standard InChI is InChI=1S/C15H18F3NO4/c1-6-15(2,3)19-12-10(17)8(14(21)23-5)7(13(20)22-4)9(16)11(12)18/h19H,6H2,1-5H3. The Bertz CT molecular complexity index is 644. The molecule has 1 aromatic carbocycles. The van der Waals surface area contributed by atoms with Crippen molar-refractivity contribution in [2.24, 2.45) is 0 Å². The van der Waals surface area contributed by atoms with Gasteiger partial charge in [0.15, 0.2) is 17.5 Å². The zero-order chi connectivity index (χ0) is 17.9. The van der Waals surface area contributed by atoms with Gasteiger partial charge in [0.2, 0.25) is 0 Å². The highest BCUT2D eigenvalue weighted by Gasteiger charge is 2.34. The van der Waals surface area contributed by atoms with E-state index in [0.29, 0.717) is 6.42 Å². The normalized spacial score (nSPS) is 11.1. The first-order valence-electron chi connectivity index (χ1n) is 6.76. The molecule has 0 saturated heterocycles. The van der Waals surface area contributed by atoms with E-state index in [-0.39, 0.29) is 0 Å². The first kappa shape index (κ1) is 18.8. The second-order valence-electron chi connectivity index (χ2n) is 5.41. The summed E-state index contributed by atoms with van der Waals surface area (Å²) in [6.07, 6.45) is 0.458. The van der Waals surface area contributed by atoms with E-state index in [1.54, 1.807) is 20.8 Å². The summed E-state index contributed by atoms with van der Waals surface area (Å²) in [4.78, 5) is 23.3. The van der Waals surface area contributed by atoms with E-state index in [9.17, 15) is 22.8 Å². The second-order valence-corrected chi connectivity index (χ2v) is 5.41. The molecule has 0 heterocycles. The second kappa shape index (κ2) is 6.89. The maximum atomic E-state index is 14.6. The van der Waals surface area contributed by atoms with E-state index in [1.807, 2.05) is 0 Å². The van der Waals surface area contributed by atoms with Gasteiger partial charge in [-0.05, 0) is 20.3 Å². The molecule has 0 aliphatic carbocycles. The van der Waals surface area contributed by atoms with Crippen molar-refractivity contribution in [1.29, 1.82) is 0 Å². The predicted molar refractivity (Wildman–Crippen MR) is 77.0 cm³/mol. The monoisotopic (exact) mass is 333 g/mol. The average molecular weight is 333 g/mol. The van der Waals surface area contributed by atoms with Crippen LogP contribution in [0.15, 0.2) is 0 Å². The van der Waals surface area contributed by atoms with Gasteiger partial charge in [0.05, 0.1) is 14.2 Å². The largest absolute Gasteiger partial charge is 0.465 e. The van der Waals surface area contributed by atoms with Crippen molar-refractivity contribution in [1.82, 2.24) is 0 Å². The average Bonchev–Trinajstić information content (AvgIpc) is 2.53. The number of nitrogens with one attached hydrogen (secondary N) is 1. The molecule has 0 unspecified atom stereocenters. The fourth-order valence-electron chi connectivity index (χ4n) is 1.78. The summed E-state index contributed by atoms with van der Waals surface area (Å²) in [6, 6.07) is 0. The van der Waals surface area contributed by atoms with E-state index in [4.69, 9.17) is 0 Å². The molecule has 8 heteroatoms. The number of ether oxygens (including phenoxy) is 2. The van der Waals surface area contributed by atoms with Crippen molar-refractivity contribution in [3.63, 3.8) is 0 Å². The molecule has 1 aromatic rings. The van der Waals surface area contributed by atoms with E-state index < -0.39 is 51.7 Å². The molecule has 0 spiro atoms. The molecule has 0 amide bonds. The highest BCUT2D eigenvalue weighted by molar-refractivity contribution is 6.04. The van der Waals surface area contributed by atoms with E-state index in [0.717, 1.165) is 14.2 Å². The van der Waals surface area contributed by atoms with Crippen LogP contribution in [0, 0.1) is 17.5 Å². The Labute approximate surface area is 131 Å². The lowest BCUT2D eigenvalue weighted by atomic mass is 9.99. The molecule has 0 saturated carbocycles. The zero-order valence-electron chi connectivity index (χ0n) is 13.5. The van der Waals surface area contributed by atoms with E-state index in [2.05, 4.69) is 14.8 Å². The summed E-state index contributed by atoms with van der Waals surface area (Å²) < 4.78 is 51.7. The number of methoxy groups -OCH3 is 2. The Kier molecular flexibility index (Phi) is 5.63. The zero-order valence-corrected chi connectivity index (χ0v) is 13.5. The van der Waals surface area contributed by atoms with Gasteiger partial charge in [0.25, 0.3) is 0 Å². The number of hydrogen-bond donors (Lipinski definition) is 1. The number of halogens is 3. The number of anilines is 1. The minimum absolute atomic E-state index is 0.458. The summed E-state index contributed by atoms with van der Waals surface area (Å²) in [5.74, 6) is -7.43. The maximum Gasteiger partial charge on any atom is 0.341 e. The van der Waals surface area contributed by atoms with Crippen molar-refractivity contribution in [3.8, 4) is 0 Å². The molecular formula is C15H18F3NO4. The van der Waals surface area contributed by atoms with E-state index in [1.165, 1.54) is 0 Å². The van der Waals surface area contributed by atoms with Gasteiger partial charge in [-0.25, -0.2) is 22.8 Å². The van der Waals surface area contributed by atoms with Crippen LogP contribution in [-0.2, 0) is 9.47 Å². The molecule has 0 radical (unpaired) electrons. The maximum absolute atomic E-state index is 14.6. The molecule has 0 fully saturated rings. The molecule has 1 N–H and O–H groups in total. The van der Waals surface area contributed by atoms with Crippen molar-refractivity contribution >= 4 is 17.6 Å². The lowest BCUT2D eigenvalue weighted by Gasteiger charge is -2.27. The third-order valence-corrected chi connectivity index (χ3v) is 3.45. The van der Waals surface area contributed by atoms with Crippen molar-refractivity contribution in [2.75, 3.05) is 19.5 Å². The highest BCUT2D eigenvalue weighted by Crippen LogP contribution is 2.32. The smallest absolute Gasteiger partial charge is 0.341 e. The molecule has 0 aliphatic rings. The fourth-order valence-corrected chi connectivity index (χ4v) is 1.78. The number of benzene rings is 1. The first-order valence-corrected chi connectivity index (χ1v) is 6.76. The van der Waals surface area contributed by atoms with Crippen LogP contribution >= 0.6 is 0 Å². The molecule has 128 valence electrons. The topological polar surface area (TPSA) is 64.6 Å². The minimum atomic E-state index is -1.69. The Morgan fingerprint density at radius 3 is 1.78 bits per heavy atom.